The molecule has 0 aromatic carbocycles. The minimum absolute atomic E-state index is 0.192. The third-order valence-electron chi connectivity index (χ3n) is 3.63. The van der Waals surface area contributed by atoms with Gasteiger partial charge in [-0.25, -0.2) is 0 Å². The molecule has 1 aromatic rings. The van der Waals surface area contributed by atoms with E-state index in [1.807, 2.05) is 25.1 Å². The molecule has 0 saturated carbocycles. The van der Waals surface area contributed by atoms with Crippen molar-refractivity contribution < 1.29 is 13.2 Å². The summed E-state index contributed by atoms with van der Waals surface area (Å²) in [6, 6.07) is 2.11. The van der Waals surface area contributed by atoms with E-state index in [1.54, 1.807) is 12.4 Å². The number of hydrogen-bond acceptors (Lipinski definition) is 4. The average Bonchev–Trinajstić information content (AvgIpc) is 2.40. The Morgan fingerprint density at radius 3 is 2.57 bits per heavy atom. The minimum atomic E-state index is -4.11. The van der Waals surface area contributed by atoms with Gasteiger partial charge in [-0.2, -0.15) is 13.2 Å². The number of likely N-dealkylation sites (tertiary alicyclic amines) is 1. The van der Waals surface area contributed by atoms with E-state index in [2.05, 4.69) is 10.3 Å². The van der Waals surface area contributed by atoms with Crippen LogP contribution >= 0.6 is 0 Å². The summed E-state index contributed by atoms with van der Waals surface area (Å²) in [7, 11) is 3.90. The Morgan fingerprint density at radius 1 is 1.33 bits per heavy atom. The molecule has 4 nitrogen and oxygen atoms in total. The number of aromatic nitrogens is 1. The first kappa shape index (κ1) is 15.9. The van der Waals surface area contributed by atoms with Gasteiger partial charge in [0.25, 0.3) is 0 Å². The minimum Gasteiger partial charge on any atom is -0.379 e. The fraction of sp³-hybridized carbons (Fsp3) is 0.643. The van der Waals surface area contributed by atoms with Crippen molar-refractivity contribution in [2.45, 2.75) is 25.1 Å². The van der Waals surface area contributed by atoms with Crippen LogP contribution in [0.1, 0.15) is 12.8 Å². The Labute approximate surface area is 122 Å². The maximum Gasteiger partial charge on any atom is 0.401 e. The highest BCUT2D eigenvalue weighted by molar-refractivity contribution is 5.68. The molecule has 1 saturated heterocycles. The van der Waals surface area contributed by atoms with Crippen LogP contribution in [0.4, 0.5) is 24.5 Å². The first-order valence-corrected chi connectivity index (χ1v) is 7.02. The highest BCUT2D eigenvalue weighted by Gasteiger charge is 2.32. The van der Waals surface area contributed by atoms with Crippen LogP contribution in [0.25, 0.3) is 0 Å². The Kier molecular flexibility index (Phi) is 4.92. The van der Waals surface area contributed by atoms with E-state index in [9.17, 15) is 13.2 Å². The molecule has 0 spiro atoms. The van der Waals surface area contributed by atoms with Crippen molar-refractivity contribution in [1.29, 1.82) is 0 Å². The SMILES string of the molecule is CN(C)c1ccncc1NC1CCN(CC(F)(F)F)CC1. The molecule has 1 aromatic heterocycles. The van der Waals surface area contributed by atoms with Gasteiger partial charge < -0.3 is 10.2 Å². The van der Waals surface area contributed by atoms with Crippen molar-refractivity contribution in [3.63, 3.8) is 0 Å². The maximum atomic E-state index is 12.4. The van der Waals surface area contributed by atoms with Crippen LogP contribution < -0.4 is 10.2 Å². The van der Waals surface area contributed by atoms with Gasteiger partial charge in [-0.15, -0.1) is 0 Å². The lowest BCUT2D eigenvalue weighted by Crippen LogP contribution is -2.43. The lowest BCUT2D eigenvalue weighted by molar-refractivity contribution is -0.147. The molecule has 21 heavy (non-hydrogen) atoms. The zero-order valence-electron chi connectivity index (χ0n) is 12.3. The topological polar surface area (TPSA) is 31.4 Å². The van der Waals surface area contributed by atoms with Crippen molar-refractivity contribution in [3.05, 3.63) is 18.5 Å². The van der Waals surface area contributed by atoms with E-state index < -0.39 is 12.7 Å². The van der Waals surface area contributed by atoms with Gasteiger partial charge in [0.15, 0.2) is 0 Å². The van der Waals surface area contributed by atoms with Gasteiger partial charge in [-0.3, -0.25) is 9.88 Å². The maximum absolute atomic E-state index is 12.4. The Morgan fingerprint density at radius 2 is 2.00 bits per heavy atom. The molecular formula is C14H21F3N4. The first-order valence-electron chi connectivity index (χ1n) is 7.02. The Balaban J connectivity index is 1.89. The quantitative estimate of drug-likeness (QED) is 0.926. The number of nitrogens with one attached hydrogen (secondary N) is 1. The zero-order valence-corrected chi connectivity index (χ0v) is 12.3. The summed E-state index contributed by atoms with van der Waals surface area (Å²) in [5, 5.41) is 3.40. The zero-order chi connectivity index (χ0) is 15.5. The number of hydrogen-bond donors (Lipinski definition) is 1. The molecule has 0 aliphatic carbocycles. The van der Waals surface area contributed by atoms with Crippen molar-refractivity contribution in [2.75, 3.05) is 43.9 Å². The second-order valence-electron chi connectivity index (χ2n) is 5.60. The summed E-state index contributed by atoms with van der Waals surface area (Å²) in [4.78, 5) is 7.56. The summed E-state index contributed by atoms with van der Waals surface area (Å²) in [5.74, 6) is 0. The van der Waals surface area contributed by atoms with Crippen molar-refractivity contribution in [3.8, 4) is 0 Å². The summed E-state index contributed by atoms with van der Waals surface area (Å²) < 4.78 is 37.1. The predicted octanol–water partition coefficient (Wildman–Crippen LogP) is 2.59. The molecule has 1 aliphatic heterocycles. The second kappa shape index (κ2) is 6.51. The van der Waals surface area contributed by atoms with Crippen LogP contribution in [-0.2, 0) is 0 Å². The molecular weight excluding hydrogens is 281 g/mol. The largest absolute Gasteiger partial charge is 0.401 e. The molecule has 1 aliphatic rings. The van der Waals surface area contributed by atoms with Gasteiger partial charge in [-0.05, 0) is 18.9 Å². The number of pyridine rings is 1. The van der Waals surface area contributed by atoms with Crippen LogP contribution in [0.15, 0.2) is 18.5 Å². The van der Waals surface area contributed by atoms with Gasteiger partial charge in [0.2, 0.25) is 0 Å². The number of piperidine rings is 1. The third kappa shape index (κ3) is 4.77. The second-order valence-corrected chi connectivity index (χ2v) is 5.60. The average molecular weight is 302 g/mol. The van der Waals surface area contributed by atoms with Crippen LogP contribution in [0.2, 0.25) is 0 Å². The van der Waals surface area contributed by atoms with Crippen molar-refractivity contribution in [2.24, 2.45) is 0 Å². The lowest BCUT2D eigenvalue weighted by atomic mass is 10.0. The van der Waals surface area contributed by atoms with E-state index in [0.717, 1.165) is 11.4 Å². The van der Waals surface area contributed by atoms with E-state index >= 15 is 0 Å². The molecule has 0 radical (unpaired) electrons. The van der Waals surface area contributed by atoms with E-state index in [0.29, 0.717) is 25.9 Å². The van der Waals surface area contributed by atoms with Gasteiger partial charge in [0.05, 0.1) is 24.1 Å². The van der Waals surface area contributed by atoms with Crippen molar-refractivity contribution in [1.82, 2.24) is 9.88 Å². The number of rotatable bonds is 4. The normalized spacial score (nSPS) is 17.8. The monoisotopic (exact) mass is 302 g/mol. The smallest absolute Gasteiger partial charge is 0.379 e. The van der Waals surface area contributed by atoms with Crippen LogP contribution in [0.3, 0.4) is 0 Å². The predicted molar refractivity (Wildman–Crippen MR) is 77.7 cm³/mol. The fourth-order valence-corrected chi connectivity index (χ4v) is 2.60. The van der Waals surface area contributed by atoms with E-state index in [1.165, 1.54) is 4.90 Å². The molecule has 2 rings (SSSR count). The summed E-state index contributed by atoms with van der Waals surface area (Å²) in [6.45, 7) is 0.124. The fourth-order valence-electron chi connectivity index (χ4n) is 2.60. The molecule has 1 fully saturated rings. The van der Waals surface area contributed by atoms with Crippen molar-refractivity contribution >= 4 is 11.4 Å². The van der Waals surface area contributed by atoms with E-state index in [4.69, 9.17) is 0 Å². The molecule has 0 atom stereocenters. The third-order valence-corrected chi connectivity index (χ3v) is 3.63. The first-order chi connectivity index (χ1) is 9.85. The van der Waals surface area contributed by atoms with Crippen LogP contribution in [0, 0.1) is 0 Å². The number of nitrogens with zero attached hydrogens (tertiary/aromatic N) is 3. The Hall–Kier alpha value is -1.50. The van der Waals surface area contributed by atoms with Gasteiger partial charge in [0.1, 0.15) is 0 Å². The molecule has 0 amide bonds. The van der Waals surface area contributed by atoms with Crippen LogP contribution in [0.5, 0.6) is 0 Å². The molecule has 7 heteroatoms. The summed E-state index contributed by atoms with van der Waals surface area (Å²) in [6.07, 6.45) is 0.793. The highest BCUT2D eigenvalue weighted by Crippen LogP contribution is 2.26. The highest BCUT2D eigenvalue weighted by atomic mass is 19.4. The summed E-state index contributed by atoms with van der Waals surface area (Å²) >= 11 is 0. The number of alkyl halides is 3. The summed E-state index contributed by atoms with van der Waals surface area (Å²) in [5.41, 5.74) is 1.96. The van der Waals surface area contributed by atoms with Gasteiger partial charge in [0, 0.05) is 39.4 Å². The standard InChI is InChI=1S/C14H21F3N4/c1-20(2)13-3-6-18-9-12(13)19-11-4-7-21(8-5-11)10-14(15,16)17/h3,6,9,11,19H,4-5,7-8,10H2,1-2H3. The number of halogens is 3. The molecule has 0 unspecified atom stereocenters. The molecule has 2 heterocycles. The van der Waals surface area contributed by atoms with Gasteiger partial charge >= 0.3 is 6.18 Å². The lowest BCUT2D eigenvalue weighted by Gasteiger charge is -2.33. The van der Waals surface area contributed by atoms with Crippen LogP contribution in [-0.4, -0.2) is 55.8 Å². The number of anilines is 2. The van der Waals surface area contributed by atoms with Gasteiger partial charge in [-0.1, -0.05) is 0 Å². The molecule has 118 valence electrons. The van der Waals surface area contributed by atoms with E-state index in [-0.39, 0.29) is 6.04 Å². The Bertz CT molecular complexity index is 454. The molecule has 1 N–H and O–H groups in total. The molecule has 0 bridgehead atoms.